The van der Waals surface area contributed by atoms with E-state index in [1.54, 1.807) is 0 Å². The van der Waals surface area contributed by atoms with Gasteiger partial charge in [0.1, 0.15) is 0 Å². The second kappa shape index (κ2) is 6.88. The minimum absolute atomic E-state index is 0.130. The minimum atomic E-state index is -0.521. The number of carbonyl (C=O) groups is 1. The molecule has 0 N–H and O–H groups in total. The third-order valence-corrected chi connectivity index (χ3v) is 5.77. The maximum atomic E-state index is 11.9. The molecular formula is C18H32O4. The van der Waals surface area contributed by atoms with Crippen LogP contribution < -0.4 is 0 Å². The minimum Gasteiger partial charge on any atom is -0.469 e. The average molecular weight is 312 g/mol. The highest BCUT2D eigenvalue weighted by atomic mass is 16.7. The molecular weight excluding hydrogens is 280 g/mol. The second-order valence-corrected chi connectivity index (χ2v) is 7.40. The third kappa shape index (κ3) is 3.18. The number of hydrogen-bond acceptors (Lipinski definition) is 4. The number of esters is 1. The normalized spacial score (nSPS) is 43.8. The first-order chi connectivity index (χ1) is 10.3. The smallest absolute Gasteiger partial charge is 0.311 e. The SMILES string of the molecule is CC[C@H]1O[C@@]2(CC[C@@H]1C)O[C@H]([C@@H](C)C(=O)OC)[C@@H](C)C[C@H]2C. The van der Waals surface area contributed by atoms with Gasteiger partial charge in [-0.25, -0.2) is 0 Å². The lowest BCUT2D eigenvalue weighted by Crippen LogP contribution is -2.58. The molecule has 22 heavy (non-hydrogen) atoms. The van der Waals surface area contributed by atoms with Gasteiger partial charge in [0.05, 0.1) is 25.2 Å². The summed E-state index contributed by atoms with van der Waals surface area (Å²) in [5.74, 6) is 0.280. The molecule has 0 bridgehead atoms. The van der Waals surface area contributed by atoms with Crippen LogP contribution in [0.15, 0.2) is 0 Å². The van der Waals surface area contributed by atoms with Crippen molar-refractivity contribution in [3.63, 3.8) is 0 Å². The molecule has 0 amide bonds. The molecule has 2 fully saturated rings. The quantitative estimate of drug-likeness (QED) is 0.744. The highest BCUT2D eigenvalue weighted by Gasteiger charge is 2.52. The molecule has 0 unspecified atom stereocenters. The van der Waals surface area contributed by atoms with Crippen molar-refractivity contribution >= 4 is 5.97 Å². The zero-order valence-electron chi connectivity index (χ0n) is 14.9. The van der Waals surface area contributed by atoms with Crippen molar-refractivity contribution < 1.29 is 19.0 Å². The average Bonchev–Trinajstić information content (AvgIpc) is 2.51. The molecule has 128 valence electrons. The molecule has 0 aromatic rings. The summed E-state index contributed by atoms with van der Waals surface area (Å²) in [5.41, 5.74) is 0. The van der Waals surface area contributed by atoms with Crippen LogP contribution in [0.2, 0.25) is 0 Å². The number of hydrogen-bond donors (Lipinski definition) is 0. The Balaban J connectivity index is 2.19. The first-order valence-corrected chi connectivity index (χ1v) is 8.78. The summed E-state index contributed by atoms with van der Waals surface area (Å²) >= 11 is 0. The molecule has 7 atom stereocenters. The number of ether oxygens (including phenoxy) is 3. The van der Waals surface area contributed by atoms with E-state index in [-0.39, 0.29) is 24.1 Å². The molecule has 2 aliphatic heterocycles. The fourth-order valence-electron chi connectivity index (χ4n) is 4.23. The standard InChI is InChI=1S/C18H32O4/c1-7-15-11(2)8-9-18(21-15)13(4)10-12(3)16(22-18)14(5)17(19)20-6/h11-16H,7-10H2,1-6H3/t11-,12-,13+,14+,15+,16-,18-/m0/s1. The molecule has 0 aliphatic carbocycles. The third-order valence-electron chi connectivity index (χ3n) is 5.77. The van der Waals surface area contributed by atoms with E-state index in [1.807, 2.05) is 6.92 Å². The summed E-state index contributed by atoms with van der Waals surface area (Å²) in [5, 5.41) is 0. The second-order valence-electron chi connectivity index (χ2n) is 7.40. The van der Waals surface area contributed by atoms with Crippen LogP contribution in [0, 0.1) is 23.7 Å². The molecule has 0 saturated carbocycles. The summed E-state index contributed by atoms with van der Waals surface area (Å²) in [6, 6.07) is 0. The molecule has 1 spiro atoms. The van der Waals surface area contributed by atoms with Gasteiger partial charge in [-0.15, -0.1) is 0 Å². The van der Waals surface area contributed by atoms with Crippen molar-refractivity contribution in [2.75, 3.05) is 7.11 Å². The van der Waals surface area contributed by atoms with Gasteiger partial charge in [0.25, 0.3) is 0 Å². The van der Waals surface area contributed by atoms with E-state index in [9.17, 15) is 4.79 Å². The zero-order chi connectivity index (χ0) is 16.5. The lowest BCUT2D eigenvalue weighted by atomic mass is 9.76. The van der Waals surface area contributed by atoms with Gasteiger partial charge in [0, 0.05) is 12.3 Å². The molecule has 2 aliphatic rings. The fourth-order valence-corrected chi connectivity index (χ4v) is 4.23. The van der Waals surface area contributed by atoms with Crippen molar-refractivity contribution in [1.82, 2.24) is 0 Å². The lowest BCUT2D eigenvalue weighted by Gasteiger charge is -2.53. The number of methoxy groups -OCH3 is 1. The number of rotatable bonds is 3. The molecule has 0 radical (unpaired) electrons. The first-order valence-electron chi connectivity index (χ1n) is 8.78. The van der Waals surface area contributed by atoms with Crippen molar-refractivity contribution in [2.45, 2.75) is 78.3 Å². The van der Waals surface area contributed by atoms with Crippen LogP contribution in [0.4, 0.5) is 0 Å². The Labute approximate surface area is 134 Å². The van der Waals surface area contributed by atoms with Gasteiger partial charge in [-0.2, -0.15) is 0 Å². The van der Waals surface area contributed by atoms with Crippen LogP contribution in [0.5, 0.6) is 0 Å². The number of carbonyl (C=O) groups excluding carboxylic acids is 1. The largest absolute Gasteiger partial charge is 0.469 e. The zero-order valence-corrected chi connectivity index (χ0v) is 14.9. The Morgan fingerprint density at radius 1 is 1.27 bits per heavy atom. The summed E-state index contributed by atoms with van der Waals surface area (Å²) in [4.78, 5) is 11.9. The highest BCUT2D eigenvalue weighted by Crippen LogP contribution is 2.47. The van der Waals surface area contributed by atoms with Crippen LogP contribution in [-0.4, -0.2) is 31.1 Å². The van der Waals surface area contributed by atoms with Crippen molar-refractivity contribution in [3.05, 3.63) is 0 Å². The molecule has 2 rings (SSSR count). The van der Waals surface area contributed by atoms with Crippen LogP contribution in [0.3, 0.4) is 0 Å². The van der Waals surface area contributed by atoms with Gasteiger partial charge < -0.3 is 14.2 Å². The monoisotopic (exact) mass is 312 g/mol. The van der Waals surface area contributed by atoms with Crippen LogP contribution in [0.1, 0.15) is 60.3 Å². The topological polar surface area (TPSA) is 44.8 Å². The van der Waals surface area contributed by atoms with Crippen LogP contribution >= 0.6 is 0 Å². The first kappa shape index (κ1) is 17.7. The van der Waals surface area contributed by atoms with Crippen LogP contribution in [0.25, 0.3) is 0 Å². The Morgan fingerprint density at radius 3 is 2.55 bits per heavy atom. The molecule has 0 aromatic carbocycles. The molecule has 2 heterocycles. The van der Waals surface area contributed by atoms with E-state index in [0.29, 0.717) is 17.8 Å². The van der Waals surface area contributed by atoms with Crippen molar-refractivity contribution in [2.24, 2.45) is 23.7 Å². The molecule has 0 aromatic heterocycles. The van der Waals surface area contributed by atoms with E-state index < -0.39 is 5.79 Å². The van der Waals surface area contributed by atoms with Crippen LogP contribution in [-0.2, 0) is 19.0 Å². The highest BCUT2D eigenvalue weighted by molar-refractivity contribution is 5.72. The summed E-state index contributed by atoms with van der Waals surface area (Å²) in [7, 11) is 1.44. The van der Waals surface area contributed by atoms with Gasteiger partial charge in [0.15, 0.2) is 5.79 Å². The summed E-state index contributed by atoms with van der Waals surface area (Å²) in [6.07, 6.45) is 4.19. The lowest BCUT2D eigenvalue weighted by molar-refractivity contribution is -0.356. The van der Waals surface area contributed by atoms with E-state index >= 15 is 0 Å². The molecule has 4 heteroatoms. The van der Waals surface area contributed by atoms with Gasteiger partial charge >= 0.3 is 5.97 Å². The van der Waals surface area contributed by atoms with Gasteiger partial charge in [-0.3, -0.25) is 4.79 Å². The van der Waals surface area contributed by atoms with E-state index in [4.69, 9.17) is 14.2 Å². The van der Waals surface area contributed by atoms with Crippen molar-refractivity contribution in [3.8, 4) is 0 Å². The summed E-state index contributed by atoms with van der Waals surface area (Å²) < 4.78 is 17.9. The predicted octanol–water partition coefficient (Wildman–Crippen LogP) is 3.78. The van der Waals surface area contributed by atoms with E-state index in [0.717, 1.165) is 25.7 Å². The molecule has 4 nitrogen and oxygen atoms in total. The maximum absolute atomic E-state index is 11.9. The van der Waals surface area contributed by atoms with Crippen molar-refractivity contribution in [1.29, 1.82) is 0 Å². The van der Waals surface area contributed by atoms with E-state index in [1.165, 1.54) is 7.11 Å². The maximum Gasteiger partial charge on any atom is 0.311 e. The van der Waals surface area contributed by atoms with Gasteiger partial charge in [0.2, 0.25) is 0 Å². The fraction of sp³-hybridized carbons (Fsp3) is 0.944. The Kier molecular flexibility index (Phi) is 5.54. The molecule has 2 saturated heterocycles. The summed E-state index contributed by atoms with van der Waals surface area (Å²) in [6.45, 7) is 10.7. The van der Waals surface area contributed by atoms with E-state index in [2.05, 4.69) is 27.7 Å². The van der Waals surface area contributed by atoms with Gasteiger partial charge in [-0.1, -0.05) is 27.7 Å². The predicted molar refractivity (Wildman–Crippen MR) is 85.3 cm³/mol. The van der Waals surface area contributed by atoms with Gasteiger partial charge in [-0.05, 0) is 38.0 Å². The Bertz CT molecular complexity index is 397. The Morgan fingerprint density at radius 2 is 1.95 bits per heavy atom. The Hall–Kier alpha value is -0.610.